The number of amides is 1. The summed E-state index contributed by atoms with van der Waals surface area (Å²) in [5.74, 6) is -2.60. The second kappa shape index (κ2) is 7.48. The van der Waals surface area contributed by atoms with Crippen molar-refractivity contribution >= 4 is 5.91 Å². The molecule has 2 fully saturated rings. The third-order valence-electron chi connectivity index (χ3n) is 5.42. The zero-order valence-corrected chi connectivity index (χ0v) is 14.8. The highest BCUT2D eigenvalue weighted by atomic mass is 19.3. The molecule has 2 saturated heterocycles. The summed E-state index contributed by atoms with van der Waals surface area (Å²) in [6, 6.07) is 6.13. The Labute approximate surface area is 152 Å². The first kappa shape index (κ1) is 19.0. The van der Waals surface area contributed by atoms with Crippen LogP contribution in [-0.2, 0) is 0 Å². The Kier molecular flexibility index (Phi) is 5.48. The van der Waals surface area contributed by atoms with Gasteiger partial charge in [-0.1, -0.05) is 0 Å². The van der Waals surface area contributed by atoms with Gasteiger partial charge in [0.05, 0.1) is 5.60 Å². The molecule has 3 rings (SSSR count). The van der Waals surface area contributed by atoms with E-state index in [1.54, 1.807) is 17.0 Å². The van der Waals surface area contributed by atoms with Crippen LogP contribution in [-0.4, -0.2) is 70.2 Å². The molecule has 1 atom stereocenters. The summed E-state index contributed by atoms with van der Waals surface area (Å²) in [5, 5.41) is 20.3. The molecule has 2 heterocycles. The fourth-order valence-corrected chi connectivity index (χ4v) is 3.78. The first-order valence-electron chi connectivity index (χ1n) is 9.17. The maximum absolute atomic E-state index is 13.3. The van der Waals surface area contributed by atoms with E-state index in [0.29, 0.717) is 57.5 Å². The number of aliphatic hydroxyl groups is 1. The van der Waals surface area contributed by atoms with Crippen molar-refractivity contribution in [2.45, 2.75) is 43.6 Å². The number of nitrogens with zero attached hydrogens (tertiary/aromatic N) is 2. The number of carbonyl (C=O) groups excluding carboxylic acids is 1. The lowest BCUT2D eigenvalue weighted by atomic mass is 9.93. The van der Waals surface area contributed by atoms with E-state index in [4.69, 9.17) is 0 Å². The fourth-order valence-electron chi connectivity index (χ4n) is 3.78. The summed E-state index contributed by atoms with van der Waals surface area (Å²) < 4.78 is 26.6. The van der Waals surface area contributed by atoms with E-state index in [1.807, 2.05) is 4.90 Å². The maximum atomic E-state index is 13.3. The molecule has 0 bridgehead atoms. The molecule has 1 amide bonds. The van der Waals surface area contributed by atoms with Gasteiger partial charge in [0.25, 0.3) is 11.8 Å². The van der Waals surface area contributed by atoms with E-state index in [-0.39, 0.29) is 24.5 Å². The molecule has 26 heavy (non-hydrogen) atoms. The molecular weight excluding hydrogens is 342 g/mol. The highest BCUT2D eigenvalue weighted by Gasteiger charge is 2.38. The van der Waals surface area contributed by atoms with Crippen molar-refractivity contribution in [3.63, 3.8) is 0 Å². The molecule has 1 aromatic rings. The number of phenols is 1. The van der Waals surface area contributed by atoms with Crippen LogP contribution in [0.5, 0.6) is 5.75 Å². The Bertz CT molecular complexity index is 628. The summed E-state index contributed by atoms with van der Waals surface area (Å²) in [6.45, 7) is 1.96. The number of hydrogen-bond acceptors (Lipinski definition) is 4. The van der Waals surface area contributed by atoms with Crippen molar-refractivity contribution in [3.8, 4) is 5.75 Å². The Morgan fingerprint density at radius 1 is 1.00 bits per heavy atom. The lowest BCUT2D eigenvalue weighted by Gasteiger charge is -2.37. The van der Waals surface area contributed by atoms with E-state index in [9.17, 15) is 23.8 Å². The van der Waals surface area contributed by atoms with Gasteiger partial charge >= 0.3 is 0 Å². The first-order chi connectivity index (χ1) is 12.3. The van der Waals surface area contributed by atoms with Crippen molar-refractivity contribution < 1.29 is 23.8 Å². The summed E-state index contributed by atoms with van der Waals surface area (Å²) in [5.41, 5.74) is -0.442. The van der Waals surface area contributed by atoms with Crippen molar-refractivity contribution in [2.75, 3.05) is 32.7 Å². The molecule has 2 aliphatic rings. The number of phenolic OH excluding ortho intramolecular Hbond substituents is 1. The van der Waals surface area contributed by atoms with Gasteiger partial charge in [0.15, 0.2) is 0 Å². The van der Waals surface area contributed by atoms with Gasteiger partial charge in [0.2, 0.25) is 0 Å². The van der Waals surface area contributed by atoms with Gasteiger partial charge < -0.3 is 20.0 Å². The molecular formula is C19H26F2N2O3. The number of β-amino-alcohol motifs (C(OH)–C–C–N with tert-alkyl or cyclic N) is 1. The maximum Gasteiger partial charge on any atom is 0.253 e. The van der Waals surface area contributed by atoms with Crippen LogP contribution in [0.4, 0.5) is 8.78 Å². The highest BCUT2D eigenvalue weighted by Crippen LogP contribution is 2.30. The number of aromatic hydroxyl groups is 1. The van der Waals surface area contributed by atoms with Crippen LogP contribution in [0.25, 0.3) is 0 Å². The number of rotatable bonds is 3. The predicted molar refractivity (Wildman–Crippen MR) is 93.4 cm³/mol. The zero-order chi connectivity index (χ0) is 18.8. The van der Waals surface area contributed by atoms with E-state index in [2.05, 4.69) is 0 Å². The molecule has 0 aromatic heterocycles. The van der Waals surface area contributed by atoms with Gasteiger partial charge in [-0.25, -0.2) is 8.78 Å². The quantitative estimate of drug-likeness (QED) is 0.860. The molecule has 2 N–H and O–H groups in total. The number of piperidine rings is 1. The zero-order valence-electron chi connectivity index (χ0n) is 14.8. The molecule has 1 aromatic carbocycles. The standard InChI is InChI=1S/C19H26F2N2O3/c20-19(21)8-11-22(12-9-19)14-18(26)6-1-10-23(13-7-18)17(25)15-2-4-16(24)5-3-15/h2-5,24,26H,1,6-14H2. The van der Waals surface area contributed by atoms with Crippen LogP contribution in [0.2, 0.25) is 0 Å². The van der Waals surface area contributed by atoms with Gasteiger partial charge in [0.1, 0.15) is 5.75 Å². The van der Waals surface area contributed by atoms with Crippen LogP contribution >= 0.6 is 0 Å². The number of alkyl halides is 2. The summed E-state index contributed by atoms with van der Waals surface area (Å²) in [4.78, 5) is 16.2. The van der Waals surface area contributed by atoms with Crippen LogP contribution in [0.15, 0.2) is 24.3 Å². The molecule has 0 aliphatic carbocycles. The van der Waals surface area contributed by atoms with E-state index < -0.39 is 11.5 Å². The topological polar surface area (TPSA) is 64.0 Å². The van der Waals surface area contributed by atoms with Crippen LogP contribution in [0.3, 0.4) is 0 Å². The molecule has 0 radical (unpaired) electrons. The SMILES string of the molecule is O=C(c1ccc(O)cc1)N1CCCC(O)(CN2CCC(F)(F)CC2)CC1. The largest absolute Gasteiger partial charge is 0.508 e. The highest BCUT2D eigenvalue weighted by molar-refractivity contribution is 5.94. The molecule has 7 heteroatoms. The number of carbonyl (C=O) groups is 1. The van der Waals surface area contributed by atoms with Crippen LogP contribution in [0, 0.1) is 0 Å². The number of likely N-dealkylation sites (tertiary alicyclic amines) is 2. The lowest BCUT2D eigenvalue weighted by molar-refractivity contribution is -0.0768. The second-order valence-corrected chi connectivity index (χ2v) is 7.55. The van der Waals surface area contributed by atoms with E-state index in [1.165, 1.54) is 12.1 Å². The number of hydrogen-bond donors (Lipinski definition) is 2. The summed E-state index contributed by atoms with van der Waals surface area (Å²) in [6.07, 6.45) is 1.34. The third kappa shape index (κ3) is 4.71. The second-order valence-electron chi connectivity index (χ2n) is 7.55. The van der Waals surface area contributed by atoms with Crippen LogP contribution < -0.4 is 0 Å². The molecule has 1 unspecified atom stereocenters. The Balaban J connectivity index is 1.57. The third-order valence-corrected chi connectivity index (χ3v) is 5.42. The Morgan fingerprint density at radius 2 is 1.65 bits per heavy atom. The monoisotopic (exact) mass is 368 g/mol. The minimum absolute atomic E-state index is 0.110. The predicted octanol–water partition coefficient (Wildman–Crippen LogP) is 2.48. The molecule has 2 aliphatic heterocycles. The minimum atomic E-state index is -2.59. The smallest absolute Gasteiger partial charge is 0.253 e. The van der Waals surface area contributed by atoms with Gasteiger partial charge in [-0.05, 0) is 43.5 Å². The summed E-state index contributed by atoms with van der Waals surface area (Å²) >= 11 is 0. The average molecular weight is 368 g/mol. The van der Waals surface area contributed by atoms with Crippen molar-refractivity contribution in [1.29, 1.82) is 0 Å². The first-order valence-corrected chi connectivity index (χ1v) is 9.17. The minimum Gasteiger partial charge on any atom is -0.508 e. The average Bonchev–Trinajstić information content (AvgIpc) is 2.79. The van der Waals surface area contributed by atoms with Gasteiger partial charge in [-0.2, -0.15) is 0 Å². The van der Waals surface area contributed by atoms with Crippen molar-refractivity contribution in [2.24, 2.45) is 0 Å². The normalized spacial score (nSPS) is 27.1. The van der Waals surface area contributed by atoms with E-state index in [0.717, 1.165) is 0 Å². The molecule has 0 spiro atoms. The Hall–Kier alpha value is -1.73. The van der Waals surface area contributed by atoms with Crippen molar-refractivity contribution in [3.05, 3.63) is 29.8 Å². The lowest BCUT2D eigenvalue weighted by Crippen LogP contribution is -2.48. The van der Waals surface area contributed by atoms with Gasteiger partial charge in [-0.15, -0.1) is 0 Å². The summed E-state index contributed by atoms with van der Waals surface area (Å²) in [7, 11) is 0. The van der Waals surface area contributed by atoms with E-state index >= 15 is 0 Å². The molecule has 0 saturated carbocycles. The van der Waals surface area contributed by atoms with Gasteiger partial charge in [-0.3, -0.25) is 4.79 Å². The molecule has 5 nitrogen and oxygen atoms in total. The number of halogens is 2. The molecule has 144 valence electrons. The van der Waals surface area contributed by atoms with Gasteiger partial charge in [0, 0.05) is 51.1 Å². The van der Waals surface area contributed by atoms with Crippen LogP contribution in [0.1, 0.15) is 42.5 Å². The fraction of sp³-hybridized carbons (Fsp3) is 0.632. The Morgan fingerprint density at radius 3 is 2.31 bits per heavy atom. The van der Waals surface area contributed by atoms with Crippen molar-refractivity contribution in [1.82, 2.24) is 9.80 Å². The number of benzene rings is 1.